The van der Waals surface area contributed by atoms with Crippen molar-refractivity contribution < 1.29 is 25.2 Å². The van der Waals surface area contributed by atoms with E-state index < -0.39 is 30.7 Å². The highest BCUT2D eigenvalue weighted by Crippen LogP contribution is 2.18. The maximum atomic E-state index is 9.20. The Labute approximate surface area is 69.2 Å². The molecule has 0 radical (unpaired) electrons. The summed E-state index contributed by atoms with van der Waals surface area (Å²) in [6, 6.07) is 0. The minimum Gasteiger partial charge on any atom is -0.388 e. The van der Waals surface area contributed by atoms with E-state index in [0.717, 1.165) is 0 Å². The van der Waals surface area contributed by atoms with E-state index in [1.807, 2.05) is 0 Å². The highest BCUT2D eigenvalue weighted by molar-refractivity contribution is 4.88. The van der Waals surface area contributed by atoms with Crippen LogP contribution in [0.15, 0.2) is 0 Å². The van der Waals surface area contributed by atoms with E-state index in [0.29, 0.717) is 0 Å². The van der Waals surface area contributed by atoms with Gasteiger partial charge in [0.1, 0.15) is 24.4 Å². The zero-order valence-corrected chi connectivity index (χ0v) is 6.37. The van der Waals surface area contributed by atoms with Gasteiger partial charge in [0, 0.05) is 6.54 Å². The van der Waals surface area contributed by atoms with Crippen LogP contribution in [0.1, 0.15) is 0 Å². The maximum absolute atomic E-state index is 9.20. The van der Waals surface area contributed by atoms with E-state index in [1.54, 1.807) is 0 Å². The van der Waals surface area contributed by atoms with E-state index in [2.05, 4.69) is 0 Å². The average molecular weight is 179 g/mol. The molecule has 6 N–H and O–H groups in total. The van der Waals surface area contributed by atoms with Gasteiger partial charge >= 0.3 is 0 Å². The molecule has 0 aliphatic carbocycles. The van der Waals surface area contributed by atoms with Crippen LogP contribution in [0, 0.1) is 0 Å². The van der Waals surface area contributed by atoms with Crippen molar-refractivity contribution in [3.8, 4) is 0 Å². The van der Waals surface area contributed by atoms with Crippen LogP contribution in [-0.2, 0) is 4.74 Å². The Bertz CT molecular complexity index is 150. The van der Waals surface area contributed by atoms with Crippen LogP contribution in [0.25, 0.3) is 0 Å². The third kappa shape index (κ3) is 1.58. The number of nitrogens with two attached hydrogens (primary N) is 1. The SMILES string of the molecule is NC[C@@H]1O[C@@H](O)[C@@H](O)[C@H](O)[C@@H]1O. The van der Waals surface area contributed by atoms with Gasteiger partial charge in [-0.1, -0.05) is 0 Å². The monoisotopic (exact) mass is 179 g/mol. The first-order valence-corrected chi connectivity index (χ1v) is 3.65. The van der Waals surface area contributed by atoms with Crippen LogP contribution in [0.5, 0.6) is 0 Å². The topological polar surface area (TPSA) is 116 Å². The molecule has 0 amide bonds. The zero-order chi connectivity index (χ0) is 9.30. The van der Waals surface area contributed by atoms with Gasteiger partial charge in [0.2, 0.25) is 0 Å². The summed E-state index contributed by atoms with van der Waals surface area (Å²) in [4.78, 5) is 0. The Morgan fingerprint density at radius 3 is 2.08 bits per heavy atom. The van der Waals surface area contributed by atoms with E-state index in [-0.39, 0.29) is 6.54 Å². The Morgan fingerprint density at radius 1 is 1.00 bits per heavy atom. The second kappa shape index (κ2) is 3.65. The van der Waals surface area contributed by atoms with Crippen LogP contribution >= 0.6 is 0 Å². The molecule has 12 heavy (non-hydrogen) atoms. The minimum absolute atomic E-state index is 0.0258. The van der Waals surface area contributed by atoms with Crippen molar-refractivity contribution in [1.29, 1.82) is 0 Å². The first-order valence-electron chi connectivity index (χ1n) is 3.65. The molecule has 0 bridgehead atoms. The summed E-state index contributed by atoms with van der Waals surface area (Å²) in [6.07, 6.45) is -6.48. The fourth-order valence-electron chi connectivity index (χ4n) is 1.13. The number of hydrogen-bond acceptors (Lipinski definition) is 6. The van der Waals surface area contributed by atoms with Gasteiger partial charge < -0.3 is 30.9 Å². The normalized spacial score (nSPS) is 49.2. The third-order valence-corrected chi connectivity index (χ3v) is 1.92. The highest BCUT2D eigenvalue weighted by atomic mass is 16.6. The molecule has 0 spiro atoms. The van der Waals surface area contributed by atoms with Crippen LogP contribution in [-0.4, -0.2) is 57.7 Å². The summed E-state index contributed by atoms with van der Waals surface area (Å²) in [6.45, 7) is -0.0258. The molecule has 1 aliphatic rings. The lowest BCUT2D eigenvalue weighted by Crippen LogP contribution is -2.59. The van der Waals surface area contributed by atoms with Crippen molar-refractivity contribution in [3.05, 3.63) is 0 Å². The molecule has 1 rings (SSSR count). The van der Waals surface area contributed by atoms with E-state index in [4.69, 9.17) is 25.8 Å². The molecule has 0 aromatic heterocycles. The molecule has 6 nitrogen and oxygen atoms in total. The van der Waals surface area contributed by atoms with Crippen LogP contribution < -0.4 is 5.73 Å². The lowest BCUT2D eigenvalue weighted by atomic mass is 9.99. The Kier molecular flexibility index (Phi) is 2.99. The average Bonchev–Trinajstić information content (AvgIpc) is 2.08. The molecule has 1 fully saturated rings. The first kappa shape index (κ1) is 9.85. The summed E-state index contributed by atoms with van der Waals surface area (Å²) in [5, 5.41) is 36.3. The van der Waals surface area contributed by atoms with Crippen molar-refractivity contribution in [1.82, 2.24) is 0 Å². The fourth-order valence-corrected chi connectivity index (χ4v) is 1.13. The van der Waals surface area contributed by atoms with Crippen molar-refractivity contribution in [3.63, 3.8) is 0 Å². The summed E-state index contributed by atoms with van der Waals surface area (Å²) in [5.41, 5.74) is 5.17. The Morgan fingerprint density at radius 2 is 1.58 bits per heavy atom. The highest BCUT2D eigenvalue weighted by Gasteiger charge is 2.42. The molecular formula is C6H13NO5. The predicted molar refractivity (Wildman–Crippen MR) is 38.0 cm³/mol. The van der Waals surface area contributed by atoms with Crippen molar-refractivity contribution in [2.24, 2.45) is 5.73 Å². The number of rotatable bonds is 1. The molecule has 0 aromatic carbocycles. The van der Waals surface area contributed by atoms with Gasteiger partial charge in [-0.15, -0.1) is 0 Å². The minimum atomic E-state index is -1.49. The van der Waals surface area contributed by atoms with Gasteiger partial charge in [0.25, 0.3) is 0 Å². The molecule has 5 atom stereocenters. The van der Waals surface area contributed by atoms with Crippen LogP contribution in [0.2, 0.25) is 0 Å². The van der Waals surface area contributed by atoms with E-state index in [9.17, 15) is 5.11 Å². The molecule has 1 heterocycles. The fraction of sp³-hybridized carbons (Fsp3) is 1.00. The Balaban J connectivity index is 2.63. The summed E-state index contributed by atoms with van der Waals surface area (Å²) in [5.74, 6) is 0. The second-order valence-electron chi connectivity index (χ2n) is 2.77. The first-order chi connectivity index (χ1) is 5.57. The summed E-state index contributed by atoms with van der Waals surface area (Å²) >= 11 is 0. The van der Waals surface area contributed by atoms with Gasteiger partial charge in [-0.3, -0.25) is 0 Å². The van der Waals surface area contributed by atoms with Gasteiger partial charge in [-0.25, -0.2) is 0 Å². The van der Waals surface area contributed by atoms with Crippen molar-refractivity contribution in [2.45, 2.75) is 30.7 Å². The number of aliphatic hydroxyl groups excluding tert-OH is 4. The van der Waals surface area contributed by atoms with Crippen molar-refractivity contribution >= 4 is 0 Å². The van der Waals surface area contributed by atoms with Gasteiger partial charge in [-0.2, -0.15) is 0 Å². The van der Waals surface area contributed by atoms with E-state index in [1.165, 1.54) is 0 Å². The number of ether oxygens (including phenoxy) is 1. The van der Waals surface area contributed by atoms with Gasteiger partial charge in [-0.05, 0) is 0 Å². The summed E-state index contributed by atoms with van der Waals surface area (Å²) in [7, 11) is 0. The van der Waals surface area contributed by atoms with E-state index >= 15 is 0 Å². The molecule has 0 saturated carbocycles. The molecular weight excluding hydrogens is 166 g/mol. The van der Waals surface area contributed by atoms with Gasteiger partial charge in [0.05, 0.1) is 0 Å². The quantitative estimate of drug-likeness (QED) is 0.288. The number of aliphatic hydroxyl groups is 4. The molecule has 1 saturated heterocycles. The molecule has 0 aromatic rings. The number of hydrogen-bond donors (Lipinski definition) is 5. The third-order valence-electron chi connectivity index (χ3n) is 1.92. The molecule has 6 heteroatoms. The second-order valence-corrected chi connectivity index (χ2v) is 2.77. The summed E-state index contributed by atoms with van der Waals surface area (Å²) < 4.78 is 4.70. The molecule has 1 aliphatic heterocycles. The largest absolute Gasteiger partial charge is 0.388 e. The maximum Gasteiger partial charge on any atom is 0.184 e. The molecule has 0 unspecified atom stereocenters. The standard InChI is InChI=1S/C6H13NO5/c7-1-2-3(8)4(9)5(10)6(11)12-2/h2-6,8-11H,1,7H2/t2-,3+,4+,5-,6+/m0/s1. The lowest BCUT2D eigenvalue weighted by Gasteiger charge is -2.37. The van der Waals surface area contributed by atoms with Crippen LogP contribution in [0.3, 0.4) is 0 Å². The lowest BCUT2D eigenvalue weighted by molar-refractivity contribution is -0.279. The Hall–Kier alpha value is -0.240. The molecule has 72 valence electrons. The zero-order valence-electron chi connectivity index (χ0n) is 6.37. The smallest absolute Gasteiger partial charge is 0.184 e. The van der Waals surface area contributed by atoms with Crippen molar-refractivity contribution in [2.75, 3.05) is 6.54 Å². The van der Waals surface area contributed by atoms with Crippen LogP contribution in [0.4, 0.5) is 0 Å². The van der Waals surface area contributed by atoms with Gasteiger partial charge in [0.15, 0.2) is 6.29 Å². The predicted octanol–water partition coefficient (Wildman–Crippen LogP) is -3.25.